The average molecular weight is 733 g/mol. The van der Waals surface area contributed by atoms with Crippen molar-refractivity contribution in [3.63, 3.8) is 0 Å². The van der Waals surface area contributed by atoms with Crippen molar-refractivity contribution in [2.75, 3.05) is 47.0 Å². The van der Waals surface area contributed by atoms with E-state index in [-0.39, 0.29) is 43.8 Å². The van der Waals surface area contributed by atoms with E-state index in [1.165, 1.54) is 0 Å². The fourth-order valence-electron chi connectivity index (χ4n) is 9.38. The molecule has 4 bridgehead atoms. The zero-order valence-electron chi connectivity index (χ0n) is 32.6. The number of rotatable bonds is 6. The summed E-state index contributed by atoms with van der Waals surface area (Å²) in [6, 6.07) is -0.638. The van der Waals surface area contributed by atoms with E-state index < -0.39 is 71.8 Å². The number of nitrogens with zero attached hydrogens (tertiary/aromatic N) is 4. The lowest BCUT2D eigenvalue weighted by atomic mass is 9.72. The molecular formula is C38H60N4O10. The van der Waals surface area contributed by atoms with Crippen LogP contribution in [0.25, 0.3) is 0 Å². The zero-order chi connectivity index (χ0) is 38.1. The summed E-state index contributed by atoms with van der Waals surface area (Å²) in [7, 11) is 3.86. The second-order valence-corrected chi connectivity index (χ2v) is 16.0. The summed E-state index contributed by atoms with van der Waals surface area (Å²) >= 11 is 0. The molecule has 1 N–H and O–H groups in total. The fourth-order valence-corrected chi connectivity index (χ4v) is 9.38. The number of aliphatic imine (C=N–C) groups is 1. The summed E-state index contributed by atoms with van der Waals surface area (Å²) < 4.78 is 39.3. The largest absolute Gasteiger partial charge is 0.458 e. The van der Waals surface area contributed by atoms with Crippen molar-refractivity contribution in [1.29, 1.82) is 0 Å². The number of hydrogen-bond acceptors (Lipinski definition) is 13. The summed E-state index contributed by atoms with van der Waals surface area (Å²) in [5.74, 6) is 0.203. The van der Waals surface area contributed by atoms with Crippen LogP contribution < -0.4 is 0 Å². The second-order valence-electron chi connectivity index (χ2n) is 16.0. The Morgan fingerprint density at radius 3 is 2.54 bits per heavy atom. The number of aliphatic hydroxyl groups is 1. The van der Waals surface area contributed by atoms with E-state index in [2.05, 4.69) is 24.9 Å². The van der Waals surface area contributed by atoms with Crippen LogP contribution in [0.5, 0.6) is 0 Å². The number of ether oxygens (including phenoxy) is 6. The molecule has 4 saturated heterocycles. The molecule has 14 nitrogen and oxygen atoms in total. The van der Waals surface area contributed by atoms with Gasteiger partial charge < -0.3 is 43.3 Å². The Hall–Kier alpha value is -2.80. The maximum atomic E-state index is 14.3. The summed E-state index contributed by atoms with van der Waals surface area (Å²) in [5, 5.41) is 15.9. The molecule has 52 heavy (non-hydrogen) atoms. The van der Waals surface area contributed by atoms with E-state index in [1.807, 2.05) is 53.6 Å². The molecule has 14 atom stereocenters. The molecule has 0 aromatic rings. The highest BCUT2D eigenvalue weighted by molar-refractivity contribution is 5.91. The number of oxime groups is 1. The number of hydrogen-bond donors (Lipinski definition) is 1. The van der Waals surface area contributed by atoms with E-state index in [9.17, 15) is 14.7 Å². The first-order valence-electron chi connectivity index (χ1n) is 18.8. The van der Waals surface area contributed by atoms with Gasteiger partial charge in [0.05, 0.1) is 55.6 Å². The van der Waals surface area contributed by atoms with Gasteiger partial charge in [-0.2, -0.15) is 0 Å². The van der Waals surface area contributed by atoms with Crippen molar-refractivity contribution in [2.24, 2.45) is 33.8 Å². The summed E-state index contributed by atoms with van der Waals surface area (Å²) in [6.45, 7) is 16.4. The fraction of sp³-hybridized carbons (Fsp3) is 0.842. The molecule has 292 valence electrons. The van der Waals surface area contributed by atoms with Crippen LogP contribution in [0.4, 0.5) is 4.79 Å². The van der Waals surface area contributed by atoms with E-state index in [4.69, 9.17) is 44.7 Å². The highest BCUT2D eigenvalue weighted by atomic mass is 16.7. The quantitative estimate of drug-likeness (QED) is 0.186. The number of carbonyl (C=O) groups excluding carboxylic acids is 2. The van der Waals surface area contributed by atoms with Crippen molar-refractivity contribution in [3.8, 4) is 12.3 Å². The third-order valence-corrected chi connectivity index (χ3v) is 11.9. The van der Waals surface area contributed by atoms with Crippen molar-refractivity contribution in [3.05, 3.63) is 0 Å². The van der Waals surface area contributed by atoms with E-state index >= 15 is 0 Å². The van der Waals surface area contributed by atoms with Crippen LogP contribution in [0, 0.1) is 36.0 Å². The Morgan fingerprint density at radius 2 is 1.87 bits per heavy atom. The summed E-state index contributed by atoms with van der Waals surface area (Å²) in [4.78, 5) is 41.9. The first kappa shape index (κ1) is 40.4. The number of esters is 1. The van der Waals surface area contributed by atoms with Gasteiger partial charge in [0.25, 0.3) is 0 Å². The number of likely N-dealkylation sites (N-methyl/N-ethyl adjacent to an activating group) is 1. The number of aliphatic hydroxyl groups excluding tert-OH is 1. The number of carbonyl (C=O) groups is 2. The second kappa shape index (κ2) is 16.3. The monoisotopic (exact) mass is 732 g/mol. The van der Waals surface area contributed by atoms with Crippen LogP contribution in [0.15, 0.2) is 10.1 Å². The normalized spacial score (nSPS) is 44.0. The molecule has 5 aliphatic heterocycles. The standard InChI is InChI=1S/C38H60N4O10/c1-12-16-48-40-26-19-46-31-24(6)33(51-35-30(43)27(41(10)11)17-22(4)49-35)37(8,47-20-26)18-21(3)29-23(5)32-38(9,28(13-2)50-34(44)25(31)7)52-36(45)42(32)15-14-39-29/h1,21-25,27-28,30-33,35,43H,13-20H2,2-11H3/b40-26+/t21-,22+,23+,24+,25-,27-,28-,30+,31+,32-,33-,35-,37-,38-/m1/s1. The number of terminal acetylenes is 1. The van der Waals surface area contributed by atoms with Gasteiger partial charge in [0.1, 0.15) is 17.9 Å². The molecule has 5 heterocycles. The van der Waals surface area contributed by atoms with Crippen LogP contribution in [-0.4, -0.2) is 145 Å². The van der Waals surface area contributed by atoms with Gasteiger partial charge in [-0.3, -0.25) is 14.7 Å². The van der Waals surface area contributed by atoms with Gasteiger partial charge in [0, 0.05) is 30.1 Å². The van der Waals surface area contributed by atoms with Gasteiger partial charge in [-0.05, 0) is 67.0 Å². The molecule has 0 unspecified atom stereocenters. The minimum atomic E-state index is -1.13. The van der Waals surface area contributed by atoms with Gasteiger partial charge in [-0.25, -0.2) is 4.79 Å². The third kappa shape index (κ3) is 7.86. The lowest BCUT2D eigenvalue weighted by Gasteiger charge is -2.48. The van der Waals surface area contributed by atoms with E-state index in [0.717, 1.165) is 5.71 Å². The lowest BCUT2D eigenvalue weighted by molar-refractivity contribution is -0.302. The number of cyclic esters (lactones) is 1. The van der Waals surface area contributed by atoms with Crippen molar-refractivity contribution < 1.29 is 48.0 Å². The van der Waals surface area contributed by atoms with Gasteiger partial charge >= 0.3 is 12.1 Å². The molecule has 5 rings (SSSR count). The number of fused-ring (bicyclic) bond motifs is 4. The third-order valence-electron chi connectivity index (χ3n) is 11.9. The average Bonchev–Trinajstić information content (AvgIpc) is 3.23. The molecule has 0 aromatic carbocycles. The molecule has 0 saturated carbocycles. The maximum absolute atomic E-state index is 14.3. The predicted molar refractivity (Wildman–Crippen MR) is 193 cm³/mol. The Balaban J connectivity index is 1.66. The molecule has 1 amide bonds. The molecule has 14 heteroatoms. The molecule has 5 aliphatic rings. The molecular weight excluding hydrogens is 672 g/mol. The lowest BCUT2D eigenvalue weighted by Crippen LogP contribution is -2.60. The Kier molecular flexibility index (Phi) is 12.6. The molecule has 0 spiro atoms. The van der Waals surface area contributed by atoms with Crippen molar-refractivity contribution in [1.82, 2.24) is 9.80 Å². The topological polar surface area (TPSA) is 150 Å². The van der Waals surface area contributed by atoms with Crippen molar-refractivity contribution in [2.45, 2.75) is 135 Å². The Bertz CT molecular complexity index is 1400. The van der Waals surface area contributed by atoms with Crippen LogP contribution in [0.1, 0.15) is 74.7 Å². The van der Waals surface area contributed by atoms with Gasteiger partial charge in [0.15, 0.2) is 18.5 Å². The van der Waals surface area contributed by atoms with Crippen LogP contribution >= 0.6 is 0 Å². The summed E-state index contributed by atoms with van der Waals surface area (Å²) in [6.07, 6.45) is 2.05. The highest BCUT2D eigenvalue weighted by Gasteiger charge is 2.60. The van der Waals surface area contributed by atoms with E-state index in [0.29, 0.717) is 38.1 Å². The molecule has 0 aliphatic carbocycles. The first-order valence-corrected chi connectivity index (χ1v) is 18.8. The van der Waals surface area contributed by atoms with Crippen LogP contribution in [0.2, 0.25) is 0 Å². The van der Waals surface area contributed by atoms with E-state index in [1.54, 1.807) is 11.8 Å². The van der Waals surface area contributed by atoms with Crippen LogP contribution in [0.3, 0.4) is 0 Å². The maximum Gasteiger partial charge on any atom is 0.410 e. The number of amides is 1. The van der Waals surface area contributed by atoms with Gasteiger partial charge in [-0.15, -0.1) is 6.42 Å². The smallest absolute Gasteiger partial charge is 0.410 e. The first-order chi connectivity index (χ1) is 24.6. The molecule has 0 radical (unpaired) electrons. The predicted octanol–water partition coefficient (Wildman–Crippen LogP) is 3.28. The minimum Gasteiger partial charge on any atom is -0.458 e. The van der Waals surface area contributed by atoms with Gasteiger partial charge in [0.2, 0.25) is 0 Å². The summed E-state index contributed by atoms with van der Waals surface area (Å²) in [5.41, 5.74) is -0.842. The molecule has 0 aromatic heterocycles. The Morgan fingerprint density at radius 1 is 1.13 bits per heavy atom. The minimum absolute atomic E-state index is 0.00878. The zero-order valence-corrected chi connectivity index (χ0v) is 32.6. The SMILES string of the molecule is C#CCO/N=C1\CO[C@H]2[C@H](C)[C@@H](O[C@H]3O[C@@H](C)C[C@@H](N(C)C)[C@@H]3O)[C@@](C)(C[C@@H](C)C3=NCCN4C(=O)O[C@](C)([C@@H](CC)OC(=O)[C@@H]2C)[C@H]4[C@H]3C)OC1. The molecule has 4 fully saturated rings. The van der Waals surface area contributed by atoms with Gasteiger partial charge in [-0.1, -0.05) is 38.8 Å². The highest BCUT2D eigenvalue weighted by Crippen LogP contribution is 2.45. The Labute approximate surface area is 308 Å². The van der Waals surface area contributed by atoms with Crippen LogP contribution in [-0.2, 0) is 38.1 Å². The van der Waals surface area contributed by atoms with Crippen molar-refractivity contribution >= 4 is 23.5 Å².